The van der Waals surface area contributed by atoms with Crippen LogP contribution in [0.15, 0.2) is 18.2 Å². The van der Waals surface area contributed by atoms with Gasteiger partial charge in [0.2, 0.25) is 0 Å². The number of Topliss-reactive ketones (excluding diaryl/α,β-unsaturated/α-hetero) is 1. The van der Waals surface area contributed by atoms with Crippen molar-refractivity contribution in [3.05, 3.63) is 33.8 Å². The first-order valence-corrected chi connectivity index (χ1v) is 7.50. The van der Waals surface area contributed by atoms with Crippen LogP contribution in [0.3, 0.4) is 0 Å². The summed E-state index contributed by atoms with van der Waals surface area (Å²) in [6, 6.07) is 4.98. The number of likely N-dealkylation sites (tertiary alicyclic amines) is 1. The van der Waals surface area contributed by atoms with Gasteiger partial charge >= 0.3 is 0 Å². The number of carbonyl (C=O) groups is 1. The van der Waals surface area contributed by atoms with Gasteiger partial charge in [-0.1, -0.05) is 30.1 Å². The lowest BCUT2D eigenvalue weighted by Gasteiger charge is -2.35. The second kappa shape index (κ2) is 6.90. The third kappa shape index (κ3) is 3.73. The number of methoxy groups -OCH3 is 1. The zero-order chi connectivity index (χ0) is 14.7. The summed E-state index contributed by atoms with van der Waals surface area (Å²) in [4.78, 5) is 14.4. The normalized spacial score (nSPS) is 23.8. The minimum atomic E-state index is 0.0241. The lowest BCUT2D eigenvalue weighted by Crippen LogP contribution is -2.45. The summed E-state index contributed by atoms with van der Waals surface area (Å²) < 4.78 is 5.46. The van der Waals surface area contributed by atoms with Crippen molar-refractivity contribution in [2.45, 2.75) is 19.4 Å². The van der Waals surface area contributed by atoms with E-state index in [4.69, 9.17) is 27.9 Å². The monoisotopic (exact) mass is 315 g/mol. The van der Waals surface area contributed by atoms with E-state index in [1.165, 1.54) is 0 Å². The van der Waals surface area contributed by atoms with Gasteiger partial charge in [-0.05, 0) is 37.1 Å². The van der Waals surface area contributed by atoms with Crippen molar-refractivity contribution in [1.82, 2.24) is 4.90 Å². The lowest BCUT2D eigenvalue weighted by atomic mass is 9.95. The Morgan fingerprint density at radius 2 is 2.20 bits per heavy atom. The highest BCUT2D eigenvalue weighted by atomic mass is 35.5. The van der Waals surface area contributed by atoms with E-state index in [0.29, 0.717) is 28.1 Å². The molecule has 1 fully saturated rings. The molecular weight excluding hydrogens is 297 g/mol. The predicted octanol–water partition coefficient (Wildman–Crippen LogP) is 3.53. The highest BCUT2D eigenvalue weighted by molar-refractivity contribution is 6.36. The Hall–Kier alpha value is -0.610. The average molecular weight is 316 g/mol. The van der Waals surface area contributed by atoms with E-state index in [0.717, 1.165) is 19.5 Å². The van der Waals surface area contributed by atoms with Crippen LogP contribution in [0.1, 0.15) is 23.7 Å². The fourth-order valence-corrected chi connectivity index (χ4v) is 3.07. The molecule has 2 atom stereocenters. The molecule has 20 heavy (non-hydrogen) atoms. The van der Waals surface area contributed by atoms with Gasteiger partial charge in [0.15, 0.2) is 5.78 Å². The number of ketones is 1. The van der Waals surface area contributed by atoms with Gasteiger partial charge in [0, 0.05) is 24.2 Å². The van der Waals surface area contributed by atoms with Crippen LogP contribution in [0.25, 0.3) is 0 Å². The van der Waals surface area contributed by atoms with Gasteiger partial charge in [0.1, 0.15) is 0 Å². The number of hydrogen-bond donors (Lipinski definition) is 0. The van der Waals surface area contributed by atoms with Crippen molar-refractivity contribution >= 4 is 29.0 Å². The van der Waals surface area contributed by atoms with Crippen LogP contribution >= 0.6 is 23.2 Å². The summed E-state index contributed by atoms with van der Waals surface area (Å²) >= 11 is 11.9. The van der Waals surface area contributed by atoms with E-state index in [-0.39, 0.29) is 11.9 Å². The molecule has 1 aromatic rings. The molecule has 0 aromatic heterocycles. The van der Waals surface area contributed by atoms with Crippen LogP contribution in [-0.2, 0) is 4.74 Å². The van der Waals surface area contributed by atoms with E-state index < -0.39 is 0 Å². The number of hydrogen-bond acceptors (Lipinski definition) is 3. The Labute approximate surface area is 129 Å². The second-order valence-electron chi connectivity index (χ2n) is 5.32. The molecule has 0 aliphatic carbocycles. The molecule has 0 bridgehead atoms. The van der Waals surface area contributed by atoms with Gasteiger partial charge in [-0.25, -0.2) is 0 Å². The quantitative estimate of drug-likeness (QED) is 0.796. The van der Waals surface area contributed by atoms with Crippen LogP contribution in [0.2, 0.25) is 10.0 Å². The number of rotatable bonds is 4. The molecule has 0 amide bonds. The Bertz CT molecular complexity index is 493. The van der Waals surface area contributed by atoms with Crippen LogP contribution < -0.4 is 0 Å². The number of nitrogens with zero attached hydrogens (tertiary/aromatic N) is 1. The van der Waals surface area contributed by atoms with Crippen molar-refractivity contribution in [3.63, 3.8) is 0 Å². The van der Waals surface area contributed by atoms with Gasteiger partial charge < -0.3 is 4.74 Å². The van der Waals surface area contributed by atoms with Crippen LogP contribution in [-0.4, -0.2) is 43.5 Å². The maximum absolute atomic E-state index is 12.3. The Balaban J connectivity index is 2.01. The summed E-state index contributed by atoms with van der Waals surface area (Å²) in [5.41, 5.74) is 0.531. The van der Waals surface area contributed by atoms with Gasteiger partial charge in [0.05, 0.1) is 17.7 Å². The predicted molar refractivity (Wildman–Crippen MR) is 81.8 cm³/mol. The SMILES string of the molecule is COC1CN(CC(=O)c2ccc(Cl)cc2Cl)CCC1C. The van der Waals surface area contributed by atoms with Crippen molar-refractivity contribution in [3.8, 4) is 0 Å². The molecule has 0 saturated carbocycles. The average Bonchev–Trinajstić information content (AvgIpc) is 2.40. The molecule has 1 saturated heterocycles. The minimum absolute atomic E-state index is 0.0241. The molecule has 110 valence electrons. The van der Waals surface area contributed by atoms with Crippen molar-refractivity contribution < 1.29 is 9.53 Å². The van der Waals surface area contributed by atoms with Crippen LogP contribution in [0.5, 0.6) is 0 Å². The molecule has 1 aliphatic rings. The number of halogens is 2. The van der Waals surface area contributed by atoms with E-state index >= 15 is 0 Å². The highest BCUT2D eigenvalue weighted by Crippen LogP contribution is 2.23. The summed E-state index contributed by atoms with van der Waals surface area (Å²) in [7, 11) is 1.72. The molecule has 3 nitrogen and oxygen atoms in total. The molecule has 0 N–H and O–H groups in total. The van der Waals surface area contributed by atoms with E-state index in [2.05, 4.69) is 11.8 Å². The van der Waals surface area contributed by atoms with Gasteiger partial charge in [-0.3, -0.25) is 9.69 Å². The summed E-state index contributed by atoms with van der Waals surface area (Å²) in [6.07, 6.45) is 1.23. The van der Waals surface area contributed by atoms with Crippen molar-refractivity contribution in [2.24, 2.45) is 5.92 Å². The molecule has 1 aliphatic heterocycles. The maximum Gasteiger partial charge on any atom is 0.178 e. The first-order chi connectivity index (χ1) is 9.51. The van der Waals surface area contributed by atoms with Crippen LogP contribution in [0.4, 0.5) is 0 Å². The van der Waals surface area contributed by atoms with Crippen molar-refractivity contribution in [2.75, 3.05) is 26.7 Å². The Morgan fingerprint density at radius 3 is 2.85 bits per heavy atom. The smallest absolute Gasteiger partial charge is 0.178 e. The number of carbonyl (C=O) groups excluding carboxylic acids is 1. The molecule has 1 heterocycles. The van der Waals surface area contributed by atoms with E-state index in [1.807, 2.05) is 0 Å². The fraction of sp³-hybridized carbons (Fsp3) is 0.533. The third-order valence-corrected chi connectivity index (χ3v) is 4.42. The zero-order valence-corrected chi connectivity index (χ0v) is 13.2. The first-order valence-electron chi connectivity index (χ1n) is 6.74. The van der Waals surface area contributed by atoms with Gasteiger partial charge in [-0.2, -0.15) is 0 Å². The summed E-state index contributed by atoms with van der Waals surface area (Å²) in [5, 5.41) is 0.953. The lowest BCUT2D eigenvalue weighted by molar-refractivity contribution is -0.00324. The molecule has 5 heteroatoms. The third-order valence-electron chi connectivity index (χ3n) is 3.87. The summed E-state index contributed by atoms with van der Waals surface area (Å²) in [6.45, 7) is 4.25. The second-order valence-corrected chi connectivity index (χ2v) is 6.17. The standard InChI is InChI=1S/C15H19Cl2NO2/c1-10-5-6-18(9-15(10)20-2)8-14(19)12-4-3-11(16)7-13(12)17/h3-4,7,10,15H,5-6,8-9H2,1-2H3. The largest absolute Gasteiger partial charge is 0.380 e. The topological polar surface area (TPSA) is 29.5 Å². The summed E-state index contributed by atoms with van der Waals surface area (Å²) in [5.74, 6) is 0.557. The zero-order valence-electron chi connectivity index (χ0n) is 11.7. The molecular formula is C15H19Cl2NO2. The maximum atomic E-state index is 12.3. The molecule has 0 spiro atoms. The number of benzene rings is 1. The van der Waals surface area contributed by atoms with Crippen LogP contribution in [0, 0.1) is 5.92 Å². The minimum Gasteiger partial charge on any atom is -0.380 e. The van der Waals surface area contributed by atoms with Gasteiger partial charge in [0.25, 0.3) is 0 Å². The molecule has 0 radical (unpaired) electrons. The van der Waals surface area contributed by atoms with E-state index in [1.54, 1.807) is 25.3 Å². The number of piperidine rings is 1. The van der Waals surface area contributed by atoms with Gasteiger partial charge in [-0.15, -0.1) is 0 Å². The Kier molecular flexibility index (Phi) is 5.44. The molecule has 1 aromatic carbocycles. The molecule has 2 rings (SSSR count). The fourth-order valence-electron chi connectivity index (χ4n) is 2.55. The van der Waals surface area contributed by atoms with E-state index in [9.17, 15) is 4.79 Å². The Morgan fingerprint density at radius 1 is 1.45 bits per heavy atom. The molecule has 2 unspecified atom stereocenters. The van der Waals surface area contributed by atoms with Crippen molar-refractivity contribution in [1.29, 1.82) is 0 Å². The first kappa shape index (κ1) is 15.8. The number of ether oxygens (including phenoxy) is 1. The highest BCUT2D eigenvalue weighted by Gasteiger charge is 2.27.